The van der Waals surface area contributed by atoms with Crippen molar-refractivity contribution in [3.63, 3.8) is 0 Å². The summed E-state index contributed by atoms with van der Waals surface area (Å²) in [7, 11) is 1.63. The fraction of sp³-hybridized carbons (Fsp3) is 0.533. The van der Waals surface area contributed by atoms with Crippen molar-refractivity contribution in [3.05, 3.63) is 29.8 Å². The number of aliphatic carboxylic acids is 1. The molecule has 4 nitrogen and oxygen atoms in total. The Hall–Kier alpha value is -1.55. The highest BCUT2D eigenvalue weighted by Gasteiger charge is 2.28. The minimum atomic E-state index is -0.810. The Morgan fingerprint density at radius 3 is 2.21 bits per heavy atom. The van der Waals surface area contributed by atoms with E-state index in [1.807, 2.05) is 56.9 Å². The molecular formula is C15H23NO3. The van der Waals surface area contributed by atoms with Gasteiger partial charge in [0.25, 0.3) is 0 Å². The van der Waals surface area contributed by atoms with Crippen molar-refractivity contribution in [2.24, 2.45) is 0 Å². The van der Waals surface area contributed by atoms with E-state index in [-0.39, 0.29) is 18.1 Å². The minimum Gasteiger partial charge on any atom is -0.497 e. The summed E-state index contributed by atoms with van der Waals surface area (Å²) in [4.78, 5) is 13.0. The maximum atomic E-state index is 11.0. The second kappa shape index (κ2) is 6.06. The molecule has 0 bridgehead atoms. The third-order valence-corrected chi connectivity index (χ3v) is 3.23. The first-order valence-electron chi connectivity index (χ1n) is 6.38. The summed E-state index contributed by atoms with van der Waals surface area (Å²) in [5, 5.41) is 9.06. The van der Waals surface area contributed by atoms with E-state index >= 15 is 0 Å². The van der Waals surface area contributed by atoms with Crippen molar-refractivity contribution < 1.29 is 14.6 Å². The Balaban J connectivity index is 2.97. The van der Waals surface area contributed by atoms with Crippen molar-refractivity contribution in [1.82, 2.24) is 4.90 Å². The van der Waals surface area contributed by atoms with Crippen molar-refractivity contribution in [3.8, 4) is 5.75 Å². The van der Waals surface area contributed by atoms with E-state index in [4.69, 9.17) is 9.84 Å². The van der Waals surface area contributed by atoms with Crippen LogP contribution in [0, 0.1) is 0 Å². The van der Waals surface area contributed by atoms with Gasteiger partial charge in [0.1, 0.15) is 5.75 Å². The maximum Gasteiger partial charge on any atom is 0.317 e. The van der Waals surface area contributed by atoms with Crippen LogP contribution in [0.15, 0.2) is 24.3 Å². The molecule has 0 amide bonds. The Labute approximate surface area is 115 Å². The highest BCUT2D eigenvalue weighted by molar-refractivity contribution is 5.69. The summed E-state index contributed by atoms with van der Waals surface area (Å²) in [6, 6.07) is 7.77. The van der Waals surface area contributed by atoms with E-state index in [0.717, 1.165) is 11.3 Å². The lowest BCUT2D eigenvalue weighted by Crippen LogP contribution is -2.45. The van der Waals surface area contributed by atoms with E-state index < -0.39 is 5.97 Å². The molecule has 0 radical (unpaired) electrons. The highest BCUT2D eigenvalue weighted by Crippen LogP contribution is 2.28. The predicted octanol–water partition coefficient (Wildman–Crippen LogP) is 2.94. The van der Waals surface area contributed by atoms with Gasteiger partial charge in [-0.15, -0.1) is 0 Å². The van der Waals surface area contributed by atoms with Gasteiger partial charge in [-0.3, -0.25) is 9.69 Å². The molecule has 4 heteroatoms. The normalized spacial score (nSPS) is 13.4. The smallest absolute Gasteiger partial charge is 0.317 e. The average molecular weight is 265 g/mol. The lowest BCUT2D eigenvalue weighted by Gasteiger charge is -2.39. The molecule has 0 aliphatic heterocycles. The summed E-state index contributed by atoms with van der Waals surface area (Å²) in [6.45, 7) is 8.12. The van der Waals surface area contributed by atoms with Gasteiger partial charge in [-0.25, -0.2) is 0 Å². The maximum absolute atomic E-state index is 11.0. The van der Waals surface area contributed by atoms with Gasteiger partial charge in [-0.05, 0) is 45.4 Å². The molecule has 0 aliphatic rings. The van der Waals surface area contributed by atoms with Crippen LogP contribution in [-0.2, 0) is 4.79 Å². The molecule has 106 valence electrons. The fourth-order valence-electron chi connectivity index (χ4n) is 2.16. The average Bonchev–Trinajstić information content (AvgIpc) is 2.34. The van der Waals surface area contributed by atoms with E-state index in [2.05, 4.69) is 0 Å². The fourth-order valence-corrected chi connectivity index (χ4v) is 2.16. The van der Waals surface area contributed by atoms with Crippen LogP contribution in [0.25, 0.3) is 0 Å². The zero-order valence-corrected chi connectivity index (χ0v) is 12.3. The van der Waals surface area contributed by atoms with Gasteiger partial charge in [-0.1, -0.05) is 12.1 Å². The molecule has 1 unspecified atom stereocenters. The summed E-state index contributed by atoms with van der Waals surface area (Å²) in [6.07, 6.45) is 0. The molecule has 1 aromatic carbocycles. The van der Waals surface area contributed by atoms with E-state index in [1.54, 1.807) is 7.11 Å². The quantitative estimate of drug-likeness (QED) is 0.889. The zero-order valence-electron chi connectivity index (χ0n) is 12.3. The second-order valence-corrected chi connectivity index (χ2v) is 5.64. The topological polar surface area (TPSA) is 49.8 Å². The number of nitrogens with zero attached hydrogens (tertiary/aromatic N) is 1. The summed E-state index contributed by atoms with van der Waals surface area (Å²) >= 11 is 0. The van der Waals surface area contributed by atoms with Crippen molar-refractivity contribution >= 4 is 5.97 Å². The molecule has 1 atom stereocenters. The van der Waals surface area contributed by atoms with Crippen LogP contribution in [-0.4, -0.2) is 35.2 Å². The summed E-state index contributed by atoms with van der Waals surface area (Å²) in [5.74, 6) is -0.00761. The van der Waals surface area contributed by atoms with Gasteiger partial charge in [-0.2, -0.15) is 0 Å². The number of methoxy groups -OCH3 is 1. The predicted molar refractivity (Wildman–Crippen MR) is 75.5 cm³/mol. The van der Waals surface area contributed by atoms with Crippen LogP contribution < -0.4 is 4.74 Å². The third-order valence-electron chi connectivity index (χ3n) is 3.23. The van der Waals surface area contributed by atoms with E-state index in [0.29, 0.717) is 0 Å². The molecule has 0 aliphatic carbocycles. The molecule has 0 fully saturated rings. The van der Waals surface area contributed by atoms with Gasteiger partial charge < -0.3 is 9.84 Å². The van der Waals surface area contributed by atoms with Crippen LogP contribution >= 0.6 is 0 Å². The van der Waals surface area contributed by atoms with Crippen molar-refractivity contribution in [1.29, 1.82) is 0 Å². The van der Waals surface area contributed by atoms with E-state index in [1.165, 1.54) is 0 Å². The van der Waals surface area contributed by atoms with Gasteiger partial charge in [0.2, 0.25) is 0 Å². The first kappa shape index (κ1) is 15.5. The molecule has 0 spiro atoms. The number of benzene rings is 1. The van der Waals surface area contributed by atoms with Crippen LogP contribution in [0.3, 0.4) is 0 Å². The number of carboxylic acids is 1. The molecular weight excluding hydrogens is 242 g/mol. The number of ether oxygens (including phenoxy) is 1. The first-order chi connectivity index (χ1) is 8.75. The number of hydrogen-bond acceptors (Lipinski definition) is 3. The van der Waals surface area contributed by atoms with Crippen molar-refractivity contribution in [2.45, 2.75) is 39.3 Å². The van der Waals surface area contributed by atoms with Gasteiger partial charge >= 0.3 is 5.97 Å². The SMILES string of the molecule is COc1ccc(C(C)N(CC(=O)O)C(C)(C)C)cc1. The Kier molecular flexibility index (Phi) is 4.95. The molecule has 0 heterocycles. The molecule has 19 heavy (non-hydrogen) atoms. The lowest BCUT2D eigenvalue weighted by molar-refractivity contribution is -0.140. The lowest BCUT2D eigenvalue weighted by atomic mass is 9.99. The van der Waals surface area contributed by atoms with Gasteiger partial charge in [0, 0.05) is 11.6 Å². The number of hydrogen-bond donors (Lipinski definition) is 1. The largest absolute Gasteiger partial charge is 0.497 e. The molecule has 1 rings (SSSR count). The number of carboxylic acid groups (broad SMARTS) is 1. The minimum absolute atomic E-state index is 0.0245. The number of carbonyl (C=O) groups is 1. The van der Waals surface area contributed by atoms with Crippen molar-refractivity contribution in [2.75, 3.05) is 13.7 Å². The second-order valence-electron chi connectivity index (χ2n) is 5.64. The standard InChI is InChI=1S/C15H23NO3/c1-11(12-6-8-13(19-5)9-7-12)16(10-14(17)18)15(2,3)4/h6-9,11H,10H2,1-5H3,(H,17,18). The van der Waals surface area contributed by atoms with Crippen LogP contribution in [0.5, 0.6) is 5.75 Å². The number of rotatable bonds is 5. The molecule has 1 N–H and O–H groups in total. The van der Waals surface area contributed by atoms with Crippen LogP contribution in [0.2, 0.25) is 0 Å². The highest BCUT2D eigenvalue weighted by atomic mass is 16.5. The molecule has 1 aromatic rings. The Morgan fingerprint density at radius 1 is 1.32 bits per heavy atom. The molecule has 0 saturated heterocycles. The van der Waals surface area contributed by atoms with E-state index in [9.17, 15) is 4.79 Å². The van der Waals surface area contributed by atoms with Gasteiger partial charge in [0.15, 0.2) is 0 Å². The van der Waals surface area contributed by atoms with Crippen LogP contribution in [0.1, 0.15) is 39.3 Å². The zero-order chi connectivity index (χ0) is 14.6. The molecule has 0 aromatic heterocycles. The van der Waals surface area contributed by atoms with Gasteiger partial charge in [0.05, 0.1) is 13.7 Å². The van der Waals surface area contributed by atoms with Crippen LogP contribution in [0.4, 0.5) is 0 Å². The molecule has 0 saturated carbocycles. The first-order valence-corrected chi connectivity index (χ1v) is 6.38. The Bertz CT molecular complexity index is 420. The summed E-state index contributed by atoms with van der Waals surface area (Å²) < 4.78 is 5.13. The third kappa shape index (κ3) is 4.24. The monoisotopic (exact) mass is 265 g/mol. The summed E-state index contributed by atoms with van der Waals surface area (Å²) in [5.41, 5.74) is 0.870. The Morgan fingerprint density at radius 2 is 1.84 bits per heavy atom.